The molecule has 0 unspecified atom stereocenters. The van der Waals surface area contributed by atoms with E-state index in [4.69, 9.17) is 0 Å². The van der Waals surface area contributed by atoms with E-state index in [0.29, 0.717) is 22.6 Å². The van der Waals surface area contributed by atoms with Gasteiger partial charge in [-0.1, -0.05) is 87.7 Å². The molecule has 0 radical (unpaired) electrons. The van der Waals surface area contributed by atoms with Gasteiger partial charge in [0.05, 0.1) is 21.8 Å². The third-order valence-corrected chi connectivity index (χ3v) is 9.66. The van der Waals surface area contributed by atoms with Gasteiger partial charge in [-0.2, -0.15) is 0 Å². The van der Waals surface area contributed by atoms with Crippen molar-refractivity contribution in [2.75, 3.05) is 33.9 Å². The number of hydrogen-bond donors (Lipinski definition) is 3. The lowest BCUT2D eigenvalue weighted by Gasteiger charge is -2.22. The van der Waals surface area contributed by atoms with Gasteiger partial charge in [0.15, 0.2) is 10.9 Å². The van der Waals surface area contributed by atoms with Crippen LogP contribution >= 0.6 is 0 Å². The van der Waals surface area contributed by atoms with E-state index < -0.39 is 0 Å². The first-order valence-electron chi connectivity index (χ1n) is 20.2. The van der Waals surface area contributed by atoms with Gasteiger partial charge >= 0.3 is 0 Å². The number of aromatic nitrogens is 4. The standard InChI is InChI=1S/C24H26N4O.C23H20N4O.C2H6/c1-5-12-18(6-2)26-24-16-22(29)20-17-25-23(27(7-3)8-4)15-21(20)28(24)19-13-10-9-11-14-19;28-21-14-23(26-16-7-3-1-4-8-16)27(18-9-5-2-6-10-18)20-13-22(24-15-19(20)21)25-17-11-12-17;1-2/h5-6,9-17,26H,1-2,7-8H2,3-4H3;1-10,13-15,17,26H,11-12H2,(H,24,25);1-2H3/b18-12+;;. The number of fused-ring (bicyclic) bond motifs is 2. The van der Waals surface area contributed by atoms with Crippen molar-refractivity contribution in [2.24, 2.45) is 0 Å². The molecule has 3 N–H and O–H groups in total. The van der Waals surface area contributed by atoms with Crippen LogP contribution in [-0.2, 0) is 0 Å². The topological polar surface area (TPSA) is 109 Å². The average molecular weight is 785 g/mol. The van der Waals surface area contributed by atoms with E-state index >= 15 is 0 Å². The molecule has 0 bridgehead atoms. The molecule has 4 heterocycles. The lowest BCUT2D eigenvalue weighted by molar-refractivity contribution is 0.847. The van der Waals surface area contributed by atoms with Crippen LogP contribution in [0.5, 0.6) is 0 Å². The zero-order valence-electron chi connectivity index (χ0n) is 34.2. The Hall–Kier alpha value is -7.20. The zero-order valence-corrected chi connectivity index (χ0v) is 34.2. The van der Waals surface area contributed by atoms with Gasteiger partial charge in [-0.15, -0.1) is 0 Å². The van der Waals surface area contributed by atoms with Crippen LogP contribution in [-0.4, -0.2) is 38.2 Å². The van der Waals surface area contributed by atoms with Crippen LogP contribution < -0.4 is 31.7 Å². The van der Waals surface area contributed by atoms with Crippen molar-refractivity contribution >= 4 is 50.8 Å². The van der Waals surface area contributed by atoms with E-state index in [1.807, 2.05) is 128 Å². The third kappa shape index (κ3) is 9.85. The fourth-order valence-electron chi connectivity index (χ4n) is 6.66. The minimum Gasteiger partial charge on any atom is -0.367 e. The lowest BCUT2D eigenvalue weighted by Crippen LogP contribution is -2.23. The van der Waals surface area contributed by atoms with Crippen molar-refractivity contribution in [3.8, 4) is 11.4 Å². The summed E-state index contributed by atoms with van der Waals surface area (Å²) >= 11 is 0. The van der Waals surface area contributed by atoms with Crippen molar-refractivity contribution < 1.29 is 0 Å². The first kappa shape index (κ1) is 41.4. The molecule has 0 atom stereocenters. The van der Waals surface area contributed by atoms with Crippen LogP contribution in [0.4, 0.5) is 29.0 Å². The van der Waals surface area contributed by atoms with Crippen LogP contribution in [0.1, 0.15) is 40.5 Å². The molecular formula is C49H52N8O2. The fraction of sp³-hybridized carbons (Fsp3) is 0.184. The first-order chi connectivity index (χ1) is 28.9. The maximum absolute atomic E-state index is 12.9. The SMILES string of the molecule is C=C/C=C(\C=C)Nc1cc(=O)c2cnc(N(CC)CC)cc2n1-c1ccccc1.CC.O=c1cc(Nc2ccccc2)n(-c2ccccc2)c2cc(NC3CC3)ncc12. The number of hydrogen-bond acceptors (Lipinski definition) is 8. The molecule has 1 fully saturated rings. The highest BCUT2D eigenvalue weighted by Gasteiger charge is 2.22. The molecule has 59 heavy (non-hydrogen) atoms. The monoisotopic (exact) mass is 784 g/mol. The zero-order chi connectivity index (χ0) is 41.7. The van der Waals surface area contributed by atoms with Gasteiger partial charge in [0.25, 0.3) is 0 Å². The molecule has 300 valence electrons. The molecule has 8 rings (SSSR count). The van der Waals surface area contributed by atoms with Crippen LogP contribution in [0.15, 0.2) is 174 Å². The number of pyridine rings is 4. The minimum absolute atomic E-state index is 0.0499. The number of benzene rings is 3. The van der Waals surface area contributed by atoms with Crippen molar-refractivity contribution in [2.45, 2.75) is 46.6 Å². The summed E-state index contributed by atoms with van der Waals surface area (Å²) in [5, 5.41) is 11.3. The highest BCUT2D eigenvalue weighted by Crippen LogP contribution is 2.29. The van der Waals surface area contributed by atoms with Crippen LogP contribution in [0.3, 0.4) is 0 Å². The summed E-state index contributed by atoms with van der Waals surface area (Å²) in [5.74, 6) is 3.02. The van der Waals surface area contributed by atoms with Crippen LogP contribution in [0, 0.1) is 0 Å². The largest absolute Gasteiger partial charge is 0.367 e. The van der Waals surface area contributed by atoms with Gasteiger partial charge in [0, 0.05) is 78.5 Å². The average Bonchev–Trinajstić information content (AvgIpc) is 4.10. The summed E-state index contributed by atoms with van der Waals surface area (Å²) in [6.45, 7) is 17.4. The Bertz CT molecular complexity index is 2660. The summed E-state index contributed by atoms with van der Waals surface area (Å²) in [6.07, 6.45) is 10.9. The van der Waals surface area contributed by atoms with Gasteiger partial charge in [-0.25, -0.2) is 9.97 Å². The van der Waals surface area contributed by atoms with Crippen LogP contribution in [0.25, 0.3) is 33.2 Å². The second-order valence-corrected chi connectivity index (χ2v) is 13.5. The molecule has 10 nitrogen and oxygen atoms in total. The second kappa shape index (κ2) is 19.8. The maximum atomic E-state index is 12.9. The Balaban J connectivity index is 0.000000190. The van der Waals surface area contributed by atoms with Crippen molar-refractivity contribution in [3.63, 3.8) is 0 Å². The Kier molecular flexibility index (Phi) is 13.9. The first-order valence-corrected chi connectivity index (χ1v) is 20.2. The highest BCUT2D eigenvalue weighted by molar-refractivity contribution is 5.86. The van der Waals surface area contributed by atoms with Crippen LogP contribution in [0.2, 0.25) is 0 Å². The molecule has 0 saturated heterocycles. The molecule has 1 aliphatic carbocycles. The predicted octanol–water partition coefficient (Wildman–Crippen LogP) is 10.6. The summed E-state index contributed by atoms with van der Waals surface area (Å²) < 4.78 is 4.11. The predicted molar refractivity (Wildman–Crippen MR) is 248 cm³/mol. The van der Waals surface area contributed by atoms with E-state index in [9.17, 15) is 9.59 Å². The van der Waals surface area contributed by atoms with E-state index in [1.165, 1.54) is 12.8 Å². The van der Waals surface area contributed by atoms with Gasteiger partial charge in [-0.3, -0.25) is 18.7 Å². The molecule has 10 heteroatoms. The number of para-hydroxylation sites is 3. The fourth-order valence-corrected chi connectivity index (χ4v) is 6.66. The Morgan fingerprint density at radius 3 is 1.80 bits per heavy atom. The number of nitrogens with zero attached hydrogens (tertiary/aromatic N) is 5. The summed E-state index contributed by atoms with van der Waals surface area (Å²) in [5.41, 5.74) is 5.09. The Labute approximate surface area is 345 Å². The number of allylic oxidation sites excluding steroid dienone is 3. The van der Waals surface area contributed by atoms with Gasteiger partial charge in [-0.05, 0) is 75.2 Å². The number of rotatable bonds is 13. The van der Waals surface area contributed by atoms with Gasteiger partial charge < -0.3 is 20.9 Å². The normalized spacial score (nSPS) is 12.0. The van der Waals surface area contributed by atoms with Crippen molar-refractivity contribution in [3.05, 3.63) is 185 Å². The van der Waals surface area contributed by atoms with Crippen molar-refractivity contribution in [1.29, 1.82) is 0 Å². The minimum atomic E-state index is -0.0877. The second-order valence-electron chi connectivity index (χ2n) is 13.5. The smallest absolute Gasteiger partial charge is 0.193 e. The number of anilines is 5. The van der Waals surface area contributed by atoms with Crippen molar-refractivity contribution in [1.82, 2.24) is 19.1 Å². The van der Waals surface area contributed by atoms with E-state index in [2.05, 4.69) is 62.4 Å². The van der Waals surface area contributed by atoms with Gasteiger partial charge in [0.2, 0.25) is 0 Å². The summed E-state index contributed by atoms with van der Waals surface area (Å²) in [4.78, 5) is 36.8. The van der Waals surface area contributed by atoms with E-state index in [0.717, 1.165) is 64.3 Å². The Morgan fingerprint density at radius 2 is 1.25 bits per heavy atom. The molecule has 1 aliphatic rings. The number of nitrogens with one attached hydrogen (secondary N) is 3. The summed E-state index contributed by atoms with van der Waals surface area (Å²) in [6, 6.07) is 37.5. The third-order valence-electron chi connectivity index (χ3n) is 9.66. The molecule has 7 aromatic rings. The molecule has 0 aliphatic heterocycles. The molecular weight excluding hydrogens is 733 g/mol. The molecule has 0 amide bonds. The molecule has 4 aromatic heterocycles. The lowest BCUT2D eigenvalue weighted by atomic mass is 10.2. The quantitative estimate of drug-likeness (QED) is 0.0992. The highest BCUT2D eigenvalue weighted by atomic mass is 16.1. The molecule has 0 spiro atoms. The molecule has 1 saturated carbocycles. The summed E-state index contributed by atoms with van der Waals surface area (Å²) in [7, 11) is 0. The molecule has 3 aromatic carbocycles. The Morgan fingerprint density at radius 1 is 0.729 bits per heavy atom. The van der Waals surface area contributed by atoms with E-state index in [-0.39, 0.29) is 10.9 Å². The van der Waals surface area contributed by atoms with E-state index in [1.54, 1.807) is 36.7 Å². The van der Waals surface area contributed by atoms with Gasteiger partial charge in [0.1, 0.15) is 23.3 Å². The maximum Gasteiger partial charge on any atom is 0.193 e.